The zero-order valence-corrected chi connectivity index (χ0v) is 22.8. The van der Waals surface area contributed by atoms with E-state index in [1.807, 2.05) is 24.4 Å². The lowest BCUT2D eigenvalue weighted by molar-refractivity contribution is 0.0984. The van der Waals surface area contributed by atoms with Crippen LogP contribution in [0.1, 0.15) is 19.4 Å². The number of ether oxygens (including phenoxy) is 1. The van der Waals surface area contributed by atoms with Gasteiger partial charge in [0, 0.05) is 101 Å². The van der Waals surface area contributed by atoms with Gasteiger partial charge in [-0.2, -0.15) is 5.26 Å². The molecule has 2 aromatic heterocycles. The number of hydrogen-bond donors (Lipinski definition) is 1. The third-order valence-electron chi connectivity index (χ3n) is 8.70. The maximum absolute atomic E-state index is 9.59. The predicted molar refractivity (Wildman–Crippen MR) is 154 cm³/mol. The molecule has 0 unspecified atom stereocenters. The van der Waals surface area contributed by atoms with Crippen LogP contribution in [0.5, 0.6) is 0 Å². The summed E-state index contributed by atoms with van der Waals surface area (Å²) in [6, 6.07) is 15.0. The Morgan fingerprint density at radius 2 is 1.95 bits per heavy atom. The molecule has 39 heavy (non-hydrogen) atoms. The quantitative estimate of drug-likeness (QED) is 0.517. The van der Waals surface area contributed by atoms with Gasteiger partial charge in [-0.3, -0.25) is 14.8 Å². The summed E-state index contributed by atoms with van der Waals surface area (Å²) in [5, 5.41) is 10.5. The lowest BCUT2D eigenvalue weighted by Crippen LogP contribution is -2.65. The van der Waals surface area contributed by atoms with Gasteiger partial charge in [-0.1, -0.05) is 6.07 Å². The van der Waals surface area contributed by atoms with Crippen molar-refractivity contribution in [2.75, 3.05) is 69.3 Å². The molecule has 0 radical (unpaired) electrons. The van der Waals surface area contributed by atoms with Crippen LogP contribution in [0, 0.1) is 11.3 Å². The number of rotatable bonds is 6. The first-order valence-electron chi connectivity index (χ1n) is 14.4. The fraction of sp³-hybridized carbons (Fsp3) is 0.500. The van der Waals surface area contributed by atoms with Crippen molar-refractivity contribution in [1.82, 2.24) is 19.8 Å². The zero-order chi connectivity index (χ0) is 27.8. The van der Waals surface area contributed by atoms with Gasteiger partial charge in [0.05, 0.1) is 18.6 Å². The number of nitriles is 1. The van der Waals surface area contributed by atoms with E-state index in [9.17, 15) is 5.26 Å². The number of piperazine rings is 2. The van der Waals surface area contributed by atoms with Gasteiger partial charge in [-0.25, -0.2) is 4.98 Å². The molecule has 0 saturated carbocycles. The van der Waals surface area contributed by atoms with Crippen LogP contribution >= 0.6 is 0 Å². The van der Waals surface area contributed by atoms with E-state index in [1.54, 1.807) is 13.2 Å². The number of nitrogens with two attached hydrogens (primary N) is 1. The van der Waals surface area contributed by atoms with E-state index in [4.69, 9.17) is 16.8 Å². The molecule has 6 rings (SSSR count). The van der Waals surface area contributed by atoms with Crippen molar-refractivity contribution in [3.63, 3.8) is 0 Å². The minimum atomic E-state index is 0.0889. The first-order chi connectivity index (χ1) is 19.4. The SMILES string of the molecule is [2H]c1ccc2c(N3C[C@@H]4CN(c5ccc(CCN6C[C@H](OC)[C@@H](N)C6)cn5)CCN4[C@@H](C)C3)ccc(C#N)c2n1. The Morgan fingerprint density at radius 3 is 2.72 bits per heavy atom. The molecule has 3 aliphatic heterocycles. The molecule has 9 heteroatoms. The highest BCUT2D eigenvalue weighted by atomic mass is 16.5. The molecule has 2 N–H and O–H groups in total. The van der Waals surface area contributed by atoms with Crippen LogP contribution in [0.15, 0.2) is 48.8 Å². The van der Waals surface area contributed by atoms with E-state index < -0.39 is 0 Å². The van der Waals surface area contributed by atoms with Gasteiger partial charge < -0.3 is 20.3 Å². The largest absolute Gasteiger partial charge is 0.378 e. The highest BCUT2D eigenvalue weighted by Crippen LogP contribution is 2.32. The summed E-state index contributed by atoms with van der Waals surface area (Å²) in [6.45, 7) is 9.74. The Morgan fingerprint density at radius 1 is 1.08 bits per heavy atom. The molecule has 4 atom stereocenters. The van der Waals surface area contributed by atoms with Gasteiger partial charge in [0.2, 0.25) is 0 Å². The molecule has 3 saturated heterocycles. The van der Waals surface area contributed by atoms with Gasteiger partial charge >= 0.3 is 0 Å². The maximum atomic E-state index is 9.59. The number of hydrogen-bond acceptors (Lipinski definition) is 9. The van der Waals surface area contributed by atoms with E-state index >= 15 is 0 Å². The fourth-order valence-electron chi connectivity index (χ4n) is 6.59. The minimum absolute atomic E-state index is 0.0889. The summed E-state index contributed by atoms with van der Waals surface area (Å²) < 4.78 is 13.4. The number of nitrogens with zero attached hydrogens (tertiary/aromatic N) is 7. The number of fused-ring (bicyclic) bond motifs is 2. The van der Waals surface area contributed by atoms with Crippen molar-refractivity contribution in [2.24, 2.45) is 5.73 Å². The number of aromatic nitrogens is 2. The molecular formula is C30H38N8O. The summed E-state index contributed by atoms with van der Waals surface area (Å²) >= 11 is 0. The predicted octanol–water partition coefficient (Wildman–Crippen LogP) is 2.10. The van der Waals surface area contributed by atoms with Crippen LogP contribution in [0.2, 0.25) is 0 Å². The highest BCUT2D eigenvalue weighted by molar-refractivity contribution is 5.95. The normalized spacial score (nSPS) is 26.5. The van der Waals surface area contributed by atoms with Gasteiger partial charge in [0.25, 0.3) is 0 Å². The van der Waals surface area contributed by atoms with E-state index in [-0.39, 0.29) is 18.3 Å². The van der Waals surface area contributed by atoms with Gasteiger partial charge in [-0.15, -0.1) is 0 Å². The van der Waals surface area contributed by atoms with Gasteiger partial charge in [0.1, 0.15) is 11.9 Å². The Bertz CT molecular complexity index is 1390. The molecule has 204 valence electrons. The Hall–Kier alpha value is -3.29. The second-order valence-electron chi connectivity index (χ2n) is 11.1. The molecule has 3 aromatic rings. The van der Waals surface area contributed by atoms with E-state index in [2.05, 4.69) is 49.7 Å². The number of methoxy groups -OCH3 is 1. The summed E-state index contributed by atoms with van der Waals surface area (Å²) in [6.07, 6.45) is 3.29. The Labute approximate surface area is 232 Å². The smallest absolute Gasteiger partial charge is 0.128 e. The van der Waals surface area contributed by atoms with Crippen molar-refractivity contribution in [2.45, 2.75) is 37.6 Å². The first-order valence-corrected chi connectivity index (χ1v) is 13.9. The van der Waals surface area contributed by atoms with E-state index in [0.717, 1.165) is 75.7 Å². The summed E-state index contributed by atoms with van der Waals surface area (Å²) in [7, 11) is 1.74. The van der Waals surface area contributed by atoms with Gasteiger partial charge in [0.15, 0.2) is 0 Å². The maximum Gasteiger partial charge on any atom is 0.128 e. The lowest BCUT2D eigenvalue weighted by atomic mass is 10.0. The molecule has 3 fully saturated rings. The Balaban J connectivity index is 1.13. The molecule has 0 spiro atoms. The molecule has 0 amide bonds. The summed E-state index contributed by atoms with van der Waals surface area (Å²) in [5.74, 6) is 1.03. The number of likely N-dealkylation sites (tertiary alicyclic amines) is 1. The number of pyridine rings is 2. The second-order valence-corrected chi connectivity index (χ2v) is 11.1. The molecule has 1 aromatic carbocycles. The van der Waals surface area contributed by atoms with Crippen molar-refractivity contribution >= 4 is 22.4 Å². The van der Waals surface area contributed by atoms with Crippen molar-refractivity contribution in [3.8, 4) is 6.07 Å². The van der Waals surface area contributed by atoms with E-state index in [1.165, 1.54) is 5.56 Å². The standard InChI is InChI=1S/C30H38N8O/c1-21-16-37(27-7-6-23(14-31)30-25(27)4-3-10-33-30)18-24-17-36(12-13-38(21)24)29-8-5-22(15-34-29)9-11-35-19-26(32)28(20-35)39-2/h3-8,10,15,21,24,26,28H,9,11-13,16-20,32H2,1-2H3/t21-,24-,26-,28-/m0/s1/i10D. The molecular weight excluding hydrogens is 488 g/mol. The van der Waals surface area contributed by atoms with E-state index in [0.29, 0.717) is 23.2 Å². The van der Waals surface area contributed by atoms with Crippen LogP contribution < -0.4 is 15.5 Å². The third kappa shape index (κ3) is 5.18. The minimum Gasteiger partial charge on any atom is -0.378 e. The number of benzene rings is 1. The van der Waals surface area contributed by atoms with Gasteiger partial charge in [-0.05, 0) is 49.2 Å². The van der Waals surface area contributed by atoms with Crippen molar-refractivity contribution in [1.29, 1.82) is 5.26 Å². The monoisotopic (exact) mass is 527 g/mol. The van der Waals surface area contributed by atoms with Crippen LogP contribution in [0.3, 0.4) is 0 Å². The second kappa shape index (κ2) is 11.1. The van der Waals surface area contributed by atoms with Crippen LogP contribution in [0.25, 0.3) is 10.9 Å². The average molecular weight is 528 g/mol. The lowest BCUT2D eigenvalue weighted by Gasteiger charge is -2.51. The van der Waals surface area contributed by atoms with Crippen LogP contribution in [-0.2, 0) is 11.2 Å². The van der Waals surface area contributed by atoms with Crippen molar-refractivity contribution < 1.29 is 6.11 Å². The molecule has 3 aliphatic rings. The Kier molecular flexibility index (Phi) is 7.02. The summed E-state index contributed by atoms with van der Waals surface area (Å²) in [4.78, 5) is 19.1. The van der Waals surface area contributed by atoms with Crippen molar-refractivity contribution in [3.05, 3.63) is 59.9 Å². The fourth-order valence-corrected chi connectivity index (χ4v) is 6.59. The molecule has 0 aliphatic carbocycles. The highest BCUT2D eigenvalue weighted by Gasteiger charge is 2.37. The van der Waals surface area contributed by atoms with Crippen LogP contribution in [-0.4, -0.2) is 103 Å². The first kappa shape index (κ1) is 24.7. The molecule has 9 nitrogen and oxygen atoms in total. The molecule has 5 heterocycles. The number of anilines is 2. The molecule has 0 bridgehead atoms. The third-order valence-corrected chi connectivity index (χ3v) is 8.70. The van der Waals surface area contributed by atoms with Crippen LogP contribution in [0.4, 0.5) is 11.5 Å². The zero-order valence-electron chi connectivity index (χ0n) is 23.8. The summed E-state index contributed by atoms with van der Waals surface area (Å²) in [5.41, 5.74) is 9.64. The topological polar surface area (TPSA) is 97.8 Å². The average Bonchev–Trinajstić information content (AvgIpc) is 3.34.